The van der Waals surface area contributed by atoms with Crippen LogP contribution in [0, 0.1) is 0 Å². The molecule has 1 heterocycles. The first-order chi connectivity index (χ1) is 5.70. The highest BCUT2D eigenvalue weighted by Gasteiger charge is 1.97. The van der Waals surface area contributed by atoms with Crippen molar-refractivity contribution in [3.8, 4) is 0 Å². The Bertz CT molecular complexity index is 288. The average Bonchev–Trinajstić information content (AvgIpc) is 2.03. The lowest BCUT2D eigenvalue weighted by atomic mass is 10.4. The molecule has 0 radical (unpaired) electrons. The molecule has 1 aromatic heterocycles. The number of nitrogens with one attached hydrogen (secondary N) is 1. The van der Waals surface area contributed by atoms with Crippen molar-refractivity contribution in [3.05, 3.63) is 34.5 Å². The lowest BCUT2D eigenvalue weighted by molar-refractivity contribution is 1.28. The Balaban J connectivity index is 2.63. The van der Waals surface area contributed by atoms with E-state index in [1.807, 2.05) is 6.07 Å². The maximum atomic E-state index is 5.84. The molecule has 0 aliphatic carbocycles. The van der Waals surface area contributed by atoms with Crippen molar-refractivity contribution in [3.63, 3.8) is 0 Å². The van der Waals surface area contributed by atoms with E-state index >= 15 is 0 Å². The monoisotopic (exact) mass is 246 g/mol. The second kappa shape index (κ2) is 4.48. The van der Waals surface area contributed by atoms with Gasteiger partial charge in [-0.1, -0.05) is 34.1 Å². The van der Waals surface area contributed by atoms with Crippen molar-refractivity contribution in [2.45, 2.75) is 0 Å². The highest BCUT2D eigenvalue weighted by atomic mass is 79.9. The first kappa shape index (κ1) is 9.55. The first-order valence-electron chi connectivity index (χ1n) is 3.37. The molecule has 0 aromatic carbocycles. The summed E-state index contributed by atoms with van der Waals surface area (Å²) in [5.41, 5.74) is 0.868. The van der Waals surface area contributed by atoms with E-state index in [0.29, 0.717) is 11.6 Å². The normalized spacial score (nSPS) is 9.50. The Hall–Kier alpha value is -0.540. The van der Waals surface area contributed by atoms with E-state index < -0.39 is 0 Å². The first-order valence-corrected chi connectivity index (χ1v) is 4.54. The number of hydrogen-bond acceptors (Lipinski definition) is 2. The lowest BCUT2D eigenvalue weighted by Gasteiger charge is -2.05. The summed E-state index contributed by atoms with van der Waals surface area (Å²) < 4.78 is 0.885. The fourth-order valence-corrected chi connectivity index (χ4v) is 1.04. The van der Waals surface area contributed by atoms with Crippen LogP contribution in [0.4, 0.5) is 5.69 Å². The summed E-state index contributed by atoms with van der Waals surface area (Å²) in [6.07, 6.45) is 3.28. The number of anilines is 1. The van der Waals surface area contributed by atoms with E-state index in [9.17, 15) is 0 Å². The highest BCUT2D eigenvalue weighted by Crippen LogP contribution is 2.19. The zero-order valence-corrected chi connectivity index (χ0v) is 8.69. The molecule has 0 fully saturated rings. The van der Waals surface area contributed by atoms with Gasteiger partial charge in [-0.2, -0.15) is 0 Å². The topological polar surface area (TPSA) is 24.9 Å². The second-order valence-electron chi connectivity index (χ2n) is 2.23. The Morgan fingerprint density at radius 1 is 1.75 bits per heavy atom. The highest BCUT2D eigenvalue weighted by molar-refractivity contribution is 9.11. The van der Waals surface area contributed by atoms with Crippen molar-refractivity contribution >= 4 is 33.2 Å². The summed E-state index contributed by atoms with van der Waals surface area (Å²) in [5, 5.41) is 3.71. The van der Waals surface area contributed by atoms with Gasteiger partial charge in [-0.15, -0.1) is 0 Å². The smallest absolute Gasteiger partial charge is 0.0820 e. The summed E-state index contributed by atoms with van der Waals surface area (Å²) >= 11 is 9.08. The van der Waals surface area contributed by atoms with Crippen LogP contribution in [-0.2, 0) is 0 Å². The van der Waals surface area contributed by atoms with Gasteiger partial charge in [0.25, 0.3) is 0 Å². The summed E-state index contributed by atoms with van der Waals surface area (Å²) in [6, 6.07) is 1.82. The van der Waals surface area contributed by atoms with Crippen LogP contribution in [0.15, 0.2) is 29.5 Å². The third kappa shape index (κ3) is 2.83. The van der Waals surface area contributed by atoms with Gasteiger partial charge in [0.1, 0.15) is 0 Å². The molecule has 1 rings (SSSR count). The molecule has 0 unspecified atom stereocenters. The zero-order chi connectivity index (χ0) is 8.97. The predicted octanol–water partition coefficient (Wildman–Crippen LogP) is 3.06. The van der Waals surface area contributed by atoms with Crippen LogP contribution in [-0.4, -0.2) is 11.5 Å². The minimum atomic E-state index is 0.617. The molecule has 0 bridgehead atoms. The van der Waals surface area contributed by atoms with Gasteiger partial charge in [0, 0.05) is 23.4 Å². The van der Waals surface area contributed by atoms with E-state index in [4.69, 9.17) is 11.6 Å². The molecular weight excluding hydrogens is 239 g/mol. The number of pyridine rings is 1. The maximum Gasteiger partial charge on any atom is 0.0820 e. The second-order valence-corrected chi connectivity index (χ2v) is 3.76. The van der Waals surface area contributed by atoms with Gasteiger partial charge in [-0.25, -0.2) is 0 Å². The largest absolute Gasteiger partial charge is 0.379 e. The van der Waals surface area contributed by atoms with Gasteiger partial charge >= 0.3 is 0 Å². The molecule has 0 saturated carbocycles. The molecule has 2 nitrogen and oxygen atoms in total. The van der Waals surface area contributed by atoms with Crippen LogP contribution in [0.3, 0.4) is 0 Å². The molecule has 0 aliphatic rings. The van der Waals surface area contributed by atoms with Gasteiger partial charge in [0.05, 0.1) is 10.7 Å². The molecule has 0 saturated heterocycles. The van der Waals surface area contributed by atoms with Crippen LogP contribution < -0.4 is 5.32 Å². The fourth-order valence-electron chi connectivity index (χ4n) is 0.710. The van der Waals surface area contributed by atoms with Crippen LogP contribution >= 0.6 is 27.5 Å². The van der Waals surface area contributed by atoms with Crippen LogP contribution in [0.1, 0.15) is 0 Å². The number of rotatable bonds is 3. The molecule has 0 amide bonds. The Morgan fingerprint density at radius 2 is 2.50 bits per heavy atom. The van der Waals surface area contributed by atoms with Crippen molar-refractivity contribution in [2.24, 2.45) is 0 Å². The number of aromatic nitrogens is 1. The number of nitrogens with zero attached hydrogens (tertiary/aromatic N) is 1. The Labute approximate surface area is 84.8 Å². The molecule has 1 N–H and O–H groups in total. The molecule has 12 heavy (non-hydrogen) atoms. The van der Waals surface area contributed by atoms with Gasteiger partial charge in [0.15, 0.2) is 0 Å². The Morgan fingerprint density at radius 3 is 3.08 bits per heavy atom. The van der Waals surface area contributed by atoms with Crippen molar-refractivity contribution in [2.75, 3.05) is 11.9 Å². The van der Waals surface area contributed by atoms with E-state index in [2.05, 4.69) is 32.8 Å². The quantitative estimate of drug-likeness (QED) is 0.888. The molecular formula is C8H8BrClN2. The van der Waals surface area contributed by atoms with E-state index in [1.54, 1.807) is 12.4 Å². The van der Waals surface area contributed by atoms with Gasteiger partial charge in [-0.05, 0) is 6.07 Å². The molecule has 0 atom stereocenters. The van der Waals surface area contributed by atoms with Crippen molar-refractivity contribution < 1.29 is 0 Å². The van der Waals surface area contributed by atoms with Crippen molar-refractivity contribution in [1.29, 1.82) is 0 Å². The molecule has 4 heteroatoms. The summed E-state index contributed by atoms with van der Waals surface area (Å²) in [7, 11) is 0. The Kier molecular flexibility index (Phi) is 3.56. The maximum absolute atomic E-state index is 5.84. The summed E-state index contributed by atoms with van der Waals surface area (Å²) in [6.45, 7) is 4.35. The lowest BCUT2D eigenvalue weighted by Crippen LogP contribution is -2.00. The number of halogens is 2. The average molecular weight is 248 g/mol. The summed E-state index contributed by atoms with van der Waals surface area (Å²) in [5.74, 6) is 0. The van der Waals surface area contributed by atoms with E-state index in [-0.39, 0.29) is 0 Å². The fraction of sp³-hybridized carbons (Fsp3) is 0.125. The van der Waals surface area contributed by atoms with Crippen LogP contribution in [0.5, 0.6) is 0 Å². The van der Waals surface area contributed by atoms with E-state index in [1.165, 1.54) is 0 Å². The zero-order valence-electron chi connectivity index (χ0n) is 6.35. The van der Waals surface area contributed by atoms with Crippen LogP contribution in [0.25, 0.3) is 0 Å². The third-order valence-corrected chi connectivity index (χ3v) is 1.82. The molecule has 0 aliphatic heterocycles. The van der Waals surface area contributed by atoms with Gasteiger partial charge in [-0.3, -0.25) is 4.98 Å². The molecule has 1 aromatic rings. The predicted molar refractivity (Wildman–Crippen MR) is 55.8 cm³/mol. The number of hydrogen-bond donors (Lipinski definition) is 1. The SMILES string of the molecule is C=C(Br)CNc1ccncc1Cl. The van der Waals surface area contributed by atoms with Gasteiger partial charge < -0.3 is 5.32 Å². The van der Waals surface area contributed by atoms with Gasteiger partial charge in [0.2, 0.25) is 0 Å². The minimum absolute atomic E-state index is 0.617. The molecule has 0 spiro atoms. The van der Waals surface area contributed by atoms with Crippen LogP contribution in [0.2, 0.25) is 5.02 Å². The minimum Gasteiger partial charge on any atom is -0.379 e. The molecule has 64 valence electrons. The summed E-state index contributed by atoms with van der Waals surface area (Å²) in [4.78, 5) is 3.87. The van der Waals surface area contributed by atoms with E-state index in [0.717, 1.165) is 10.2 Å². The van der Waals surface area contributed by atoms with Crippen molar-refractivity contribution in [1.82, 2.24) is 4.98 Å². The third-order valence-electron chi connectivity index (χ3n) is 1.24. The standard InChI is InChI=1S/C8H8BrClN2/c1-6(9)4-12-8-2-3-11-5-7(8)10/h2-3,5H,1,4H2,(H,11,12).